The van der Waals surface area contributed by atoms with E-state index in [1.165, 1.54) is 0 Å². The lowest BCUT2D eigenvalue weighted by Crippen LogP contribution is -2.53. The number of piperazine rings is 1. The zero-order chi connectivity index (χ0) is 15.9. The Kier molecular flexibility index (Phi) is 8.22. The standard InChI is InChI=1S/C15H25N5O3.HI/c1-16-15(17-10-14-12-21-8-9-22-14)20-5-3-19(4-6-20)11-13-2-7-23-18-13;/h2,7,14H,3-6,8-12H2,1H3,(H,16,17);1H. The van der Waals surface area contributed by atoms with Crippen molar-refractivity contribution in [2.45, 2.75) is 12.6 Å². The summed E-state index contributed by atoms with van der Waals surface area (Å²) in [5.41, 5.74) is 0.982. The molecular formula is C15H26IN5O3. The van der Waals surface area contributed by atoms with E-state index in [0.29, 0.717) is 19.8 Å². The molecule has 1 N–H and O–H groups in total. The Morgan fingerprint density at radius 1 is 1.33 bits per heavy atom. The first-order valence-electron chi connectivity index (χ1n) is 8.11. The van der Waals surface area contributed by atoms with E-state index in [4.69, 9.17) is 14.0 Å². The fourth-order valence-corrected chi connectivity index (χ4v) is 2.86. The molecular weight excluding hydrogens is 425 g/mol. The maximum atomic E-state index is 5.65. The Morgan fingerprint density at radius 3 is 2.79 bits per heavy atom. The van der Waals surface area contributed by atoms with Crippen LogP contribution in [0.5, 0.6) is 0 Å². The van der Waals surface area contributed by atoms with Gasteiger partial charge in [-0.3, -0.25) is 9.89 Å². The van der Waals surface area contributed by atoms with Crippen molar-refractivity contribution in [3.05, 3.63) is 18.0 Å². The van der Waals surface area contributed by atoms with Gasteiger partial charge in [0.1, 0.15) is 6.26 Å². The van der Waals surface area contributed by atoms with Crippen LogP contribution in [0.2, 0.25) is 0 Å². The van der Waals surface area contributed by atoms with Crippen LogP contribution in [0.15, 0.2) is 21.8 Å². The van der Waals surface area contributed by atoms with Gasteiger partial charge in [-0.15, -0.1) is 24.0 Å². The molecule has 0 bridgehead atoms. The highest BCUT2D eigenvalue weighted by atomic mass is 127. The predicted octanol–water partition coefficient (Wildman–Crippen LogP) is 0.401. The number of nitrogens with one attached hydrogen (secondary N) is 1. The molecule has 9 heteroatoms. The maximum Gasteiger partial charge on any atom is 0.193 e. The lowest BCUT2D eigenvalue weighted by molar-refractivity contribution is -0.0852. The van der Waals surface area contributed by atoms with Gasteiger partial charge in [0.25, 0.3) is 0 Å². The van der Waals surface area contributed by atoms with E-state index in [2.05, 4.69) is 25.3 Å². The van der Waals surface area contributed by atoms with Crippen molar-refractivity contribution in [2.24, 2.45) is 4.99 Å². The van der Waals surface area contributed by atoms with Gasteiger partial charge in [0, 0.05) is 52.4 Å². The minimum atomic E-state index is 0. The molecule has 1 aromatic rings. The third kappa shape index (κ3) is 5.57. The van der Waals surface area contributed by atoms with E-state index in [9.17, 15) is 0 Å². The molecule has 136 valence electrons. The summed E-state index contributed by atoms with van der Waals surface area (Å²) in [4.78, 5) is 9.04. The molecule has 2 aliphatic rings. The number of aliphatic imine (C=N–C) groups is 1. The van der Waals surface area contributed by atoms with Crippen molar-refractivity contribution in [1.29, 1.82) is 0 Å². The maximum absolute atomic E-state index is 5.65. The number of hydrogen-bond donors (Lipinski definition) is 1. The van der Waals surface area contributed by atoms with Crippen LogP contribution < -0.4 is 5.32 Å². The largest absolute Gasteiger partial charge is 0.376 e. The van der Waals surface area contributed by atoms with E-state index >= 15 is 0 Å². The highest BCUT2D eigenvalue weighted by Crippen LogP contribution is 2.07. The second-order valence-electron chi connectivity index (χ2n) is 5.75. The van der Waals surface area contributed by atoms with Crippen molar-refractivity contribution >= 4 is 29.9 Å². The van der Waals surface area contributed by atoms with Crippen LogP contribution in [0.25, 0.3) is 0 Å². The molecule has 24 heavy (non-hydrogen) atoms. The lowest BCUT2D eigenvalue weighted by atomic mass is 10.3. The number of hydrogen-bond acceptors (Lipinski definition) is 6. The third-order valence-corrected chi connectivity index (χ3v) is 4.13. The Balaban J connectivity index is 0.00000208. The SMILES string of the molecule is CN=C(NCC1COCCO1)N1CCN(Cc2ccon2)CC1.I. The smallest absolute Gasteiger partial charge is 0.193 e. The van der Waals surface area contributed by atoms with E-state index in [1.54, 1.807) is 6.26 Å². The highest BCUT2D eigenvalue weighted by Gasteiger charge is 2.21. The Morgan fingerprint density at radius 2 is 2.17 bits per heavy atom. The second kappa shape index (κ2) is 10.2. The molecule has 0 radical (unpaired) electrons. The average molecular weight is 451 g/mol. The van der Waals surface area contributed by atoms with Gasteiger partial charge in [0.15, 0.2) is 5.96 Å². The van der Waals surface area contributed by atoms with Crippen LogP contribution >= 0.6 is 24.0 Å². The quantitative estimate of drug-likeness (QED) is 0.404. The molecule has 1 atom stereocenters. The second-order valence-corrected chi connectivity index (χ2v) is 5.75. The van der Waals surface area contributed by atoms with Crippen molar-refractivity contribution in [3.8, 4) is 0 Å². The van der Waals surface area contributed by atoms with Crippen molar-refractivity contribution in [1.82, 2.24) is 20.3 Å². The number of aromatic nitrogens is 1. The van der Waals surface area contributed by atoms with Gasteiger partial charge >= 0.3 is 0 Å². The van der Waals surface area contributed by atoms with Gasteiger partial charge in [-0.05, 0) is 0 Å². The van der Waals surface area contributed by atoms with Gasteiger partial charge in [0.05, 0.1) is 31.6 Å². The molecule has 2 aliphatic heterocycles. The molecule has 0 saturated carbocycles. The molecule has 0 spiro atoms. The zero-order valence-corrected chi connectivity index (χ0v) is 16.3. The molecule has 0 aromatic carbocycles. The normalized spacial score (nSPS) is 23.0. The summed E-state index contributed by atoms with van der Waals surface area (Å²) < 4.78 is 16.0. The number of guanidine groups is 1. The predicted molar refractivity (Wildman–Crippen MR) is 101 cm³/mol. The van der Waals surface area contributed by atoms with Gasteiger partial charge in [0.2, 0.25) is 0 Å². The van der Waals surface area contributed by atoms with Gasteiger partial charge < -0.3 is 24.2 Å². The summed E-state index contributed by atoms with van der Waals surface area (Å²) in [7, 11) is 1.82. The summed E-state index contributed by atoms with van der Waals surface area (Å²) in [5, 5.41) is 7.36. The monoisotopic (exact) mass is 451 g/mol. The minimum Gasteiger partial charge on any atom is -0.376 e. The summed E-state index contributed by atoms with van der Waals surface area (Å²) in [6, 6.07) is 1.92. The van der Waals surface area contributed by atoms with E-state index in [1.807, 2.05) is 13.1 Å². The van der Waals surface area contributed by atoms with Crippen molar-refractivity contribution in [3.63, 3.8) is 0 Å². The first-order valence-corrected chi connectivity index (χ1v) is 8.11. The number of ether oxygens (including phenoxy) is 2. The van der Waals surface area contributed by atoms with E-state index < -0.39 is 0 Å². The van der Waals surface area contributed by atoms with Gasteiger partial charge in [-0.1, -0.05) is 5.16 Å². The number of halogens is 1. The molecule has 2 fully saturated rings. The van der Waals surface area contributed by atoms with Crippen molar-refractivity contribution in [2.75, 3.05) is 59.6 Å². The van der Waals surface area contributed by atoms with Crippen LogP contribution in [0.3, 0.4) is 0 Å². The fraction of sp³-hybridized carbons (Fsp3) is 0.733. The van der Waals surface area contributed by atoms with Gasteiger partial charge in [-0.25, -0.2) is 0 Å². The number of rotatable bonds is 4. The Hall–Kier alpha value is -0.910. The molecule has 1 unspecified atom stereocenters. The minimum absolute atomic E-state index is 0. The van der Waals surface area contributed by atoms with Crippen LogP contribution in [0.1, 0.15) is 5.69 Å². The third-order valence-electron chi connectivity index (χ3n) is 4.13. The van der Waals surface area contributed by atoms with Crippen LogP contribution in [-0.4, -0.2) is 86.6 Å². The summed E-state index contributed by atoms with van der Waals surface area (Å²) in [6.07, 6.45) is 1.72. The molecule has 8 nitrogen and oxygen atoms in total. The van der Waals surface area contributed by atoms with E-state index in [-0.39, 0.29) is 30.1 Å². The molecule has 0 amide bonds. The average Bonchev–Trinajstić information content (AvgIpc) is 3.11. The lowest BCUT2D eigenvalue weighted by Gasteiger charge is -2.36. The Bertz CT molecular complexity index is 485. The fourth-order valence-electron chi connectivity index (χ4n) is 2.86. The first-order chi connectivity index (χ1) is 11.3. The molecule has 3 heterocycles. The highest BCUT2D eigenvalue weighted by molar-refractivity contribution is 14.0. The molecule has 0 aliphatic carbocycles. The zero-order valence-electron chi connectivity index (χ0n) is 14.0. The summed E-state index contributed by atoms with van der Waals surface area (Å²) in [5.74, 6) is 0.931. The van der Waals surface area contributed by atoms with Crippen LogP contribution in [-0.2, 0) is 16.0 Å². The van der Waals surface area contributed by atoms with E-state index in [0.717, 1.165) is 50.9 Å². The molecule has 3 rings (SSSR count). The molecule has 2 saturated heterocycles. The van der Waals surface area contributed by atoms with Crippen LogP contribution in [0.4, 0.5) is 0 Å². The van der Waals surface area contributed by atoms with Crippen LogP contribution in [0, 0.1) is 0 Å². The number of nitrogens with zero attached hydrogens (tertiary/aromatic N) is 4. The van der Waals surface area contributed by atoms with Crippen molar-refractivity contribution < 1.29 is 14.0 Å². The summed E-state index contributed by atoms with van der Waals surface area (Å²) in [6.45, 7) is 7.43. The topological polar surface area (TPSA) is 75.4 Å². The van der Waals surface area contributed by atoms with Gasteiger partial charge in [-0.2, -0.15) is 0 Å². The summed E-state index contributed by atoms with van der Waals surface area (Å²) >= 11 is 0. The Labute approximate surface area is 159 Å². The molecule has 1 aromatic heterocycles. The first kappa shape index (κ1) is 19.4.